The molecule has 16 heavy (non-hydrogen) atoms. The van der Waals surface area contributed by atoms with Gasteiger partial charge in [0.15, 0.2) is 0 Å². The van der Waals surface area contributed by atoms with Crippen molar-refractivity contribution in [2.45, 2.75) is 39.7 Å². The number of ether oxygens (including phenoxy) is 1. The van der Waals surface area contributed by atoms with Crippen molar-refractivity contribution >= 4 is 0 Å². The van der Waals surface area contributed by atoms with E-state index in [1.807, 2.05) is 0 Å². The van der Waals surface area contributed by atoms with Gasteiger partial charge in [0.2, 0.25) is 5.95 Å². The zero-order valence-electron chi connectivity index (χ0n) is 10.0. The van der Waals surface area contributed by atoms with E-state index in [0.717, 1.165) is 18.8 Å². The molecule has 1 aromatic rings. The molecule has 0 atom stereocenters. The fourth-order valence-electron chi connectivity index (χ4n) is 1.99. The molecule has 1 saturated carbocycles. The smallest absolute Gasteiger partial charge is 0.213 e. The third-order valence-corrected chi connectivity index (χ3v) is 3.32. The number of halogens is 1. The molecule has 2 rings (SSSR count). The van der Waals surface area contributed by atoms with Crippen molar-refractivity contribution in [3.8, 4) is 5.75 Å². The Kier molecular flexibility index (Phi) is 2.87. The van der Waals surface area contributed by atoms with Crippen LogP contribution in [0.25, 0.3) is 0 Å². The predicted molar refractivity (Wildman–Crippen MR) is 60.8 cm³/mol. The van der Waals surface area contributed by atoms with Crippen molar-refractivity contribution in [2.24, 2.45) is 11.3 Å². The van der Waals surface area contributed by atoms with Crippen molar-refractivity contribution in [2.75, 3.05) is 0 Å². The molecule has 0 aromatic carbocycles. The summed E-state index contributed by atoms with van der Waals surface area (Å²) in [5, 5.41) is 0. The molecule has 0 amide bonds. The van der Waals surface area contributed by atoms with Crippen LogP contribution >= 0.6 is 0 Å². The molecule has 1 aromatic heterocycles. The molecule has 1 aliphatic carbocycles. The number of aromatic nitrogens is 1. The predicted octanol–water partition coefficient (Wildman–Crippen LogP) is 3.42. The molecule has 88 valence electrons. The lowest BCUT2D eigenvalue weighted by Gasteiger charge is -2.43. The Morgan fingerprint density at radius 3 is 2.50 bits per heavy atom. The number of hydrogen-bond acceptors (Lipinski definition) is 2. The van der Waals surface area contributed by atoms with Gasteiger partial charge >= 0.3 is 0 Å². The molecule has 0 spiro atoms. The van der Waals surface area contributed by atoms with E-state index in [4.69, 9.17) is 4.74 Å². The van der Waals surface area contributed by atoms with E-state index >= 15 is 0 Å². The first-order valence-corrected chi connectivity index (χ1v) is 5.73. The number of rotatable bonds is 2. The van der Waals surface area contributed by atoms with Gasteiger partial charge in [-0.2, -0.15) is 4.39 Å². The lowest BCUT2D eigenvalue weighted by molar-refractivity contribution is 0.00706. The van der Waals surface area contributed by atoms with Gasteiger partial charge in [-0.15, -0.1) is 0 Å². The highest BCUT2D eigenvalue weighted by Gasteiger charge is 2.38. The zero-order valence-corrected chi connectivity index (χ0v) is 10.0. The first-order valence-electron chi connectivity index (χ1n) is 5.73. The molecule has 0 bridgehead atoms. The van der Waals surface area contributed by atoms with Crippen LogP contribution in [0.5, 0.6) is 5.75 Å². The summed E-state index contributed by atoms with van der Waals surface area (Å²) >= 11 is 0. The minimum absolute atomic E-state index is 0.275. The summed E-state index contributed by atoms with van der Waals surface area (Å²) < 4.78 is 18.3. The summed E-state index contributed by atoms with van der Waals surface area (Å²) in [6.07, 6.45) is 3.89. The lowest BCUT2D eigenvalue weighted by Crippen LogP contribution is -2.40. The normalized spacial score (nSPS) is 25.0. The van der Waals surface area contributed by atoms with Crippen molar-refractivity contribution in [1.29, 1.82) is 0 Å². The van der Waals surface area contributed by atoms with Gasteiger partial charge in [0.25, 0.3) is 0 Å². The van der Waals surface area contributed by atoms with Crippen LogP contribution in [0.3, 0.4) is 0 Å². The minimum Gasteiger partial charge on any atom is -0.489 e. The molecule has 0 unspecified atom stereocenters. The van der Waals surface area contributed by atoms with Gasteiger partial charge in [-0.3, -0.25) is 0 Å². The zero-order chi connectivity index (χ0) is 11.8. The third kappa shape index (κ3) is 2.52. The van der Waals surface area contributed by atoms with Crippen LogP contribution in [0.15, 0.2) is 18.3 Å². The minimum atomic E-state index is -0.464. The Balaban J connectivity index is 1.84. The van der Waals surface area contributed by atoms with Crippen LogP contribution in [-0.4, -0.2) is 11.1 Å². The maximum Gasteiger partial charge on any atom is 0.213 e. The maximum atomic E-state index is 12.6. The van der Waals surface area contributed by atoms with Gasteiger partial charge in [0, 0.05) is 0 Å². The summed E-state index contributed by atoms with van der Waals surface area (Å²) in [6, 6.07) is 2.96. The largest absolute Gasteiger partial charge is 0.489 e. The van der Waals surface area contributed by atoms with Crippen molar-refractivity contribution in [3.63, 3.8) is 0 Å². The van der Waals surface area contributed by atoms with Gasteiger partial charge in [-0.1, -0.05) is 20.8 Å². The van der Waals surface area contributed by atoms with Crippen LogP contribution in [0.4, 0.5) is 4.39 Å². The quantitative estimate of drug-likeness (QED) is 0.717. The average molecular weight is 223 g/mol. The maximum absolute atomic E-state index is 12.6. The van der Waals surface area contributed by atoms with E-state index < -0.39 is 5.95 Å². The average Bonchev–Trinajstić information content (AvgIpc) is 2.11. The van der Waals surface area contributed by atoms with Crippen molar-refractivity contribution in [3.05, 3.63) is 24.3 Å². The Labute approximate surface area is 95.8 Å². The molecular formula is C13H18FNO. The lowest BCUT2D eigenvalue weighted by atomic mass is 9.67. The fourth-order valence-corrected chi connectivity index (χ4v) is 1.99. The number of pyridine rings is 1. The first kappa shape index (κ1) is 11.4. The highest BCUT2D eigenvalue weighted by Crippen LogP contribution is 2.42. The molecule has 2 nitrogen and oxygen atoms in total. The summed E-state index contributed by atoms with van der Waals surface area (Å²) in [5.74, 6) is 0.929. The van der Waals surface area contributed by atoms with E-state index in [-0.39, 0.29) is 6.10 Å². The summed E-state index contributed by atoms with van der Waals surface area (Å²) in [4.78, 5) is 3.57. The molecule has 1 heterocycles. The number of nitrogens with zero attached hydrogens (tertiary/aromatic N) is 1. The van der Waals surface area contributed by atoms with Crippen LogP contribution in [0.1, 0.15) is 33.6 Å². The van der Waals surface area contributed by atoms with Crippen LogP contribution in [0, 0.1) is 17.3 Å². The molecule has 1 fully saturated rings. The van der Waals surface area contributed by atoms with Crippen LogP contribution in [-0.2, 0) is 0 Å². The van der Waals surface area contributed by atoms with E-state index in [1.54, 1.807) is 6.07 Å². The molecule has 0 aliphatic heterocycles. The van der Waals surface area contributed by atoms with Crippen molar-refractivity contribution < 1.29 is 9.13 Å². The van der Waals surface area contributed by atoms with Gasteiger partial charge in [0.05, 0.1) is 12.3 Å². The van der Waals surface area contributed by atoms with Gasteiger partial charge in [0.1, 0.15) is 5.75 Å². The standard InChI is InChI=1S/C13H18FNO/c1-13(2,3)9-6-11(7-9)16-10-4-5-12(14)15-8-10/h4-5,8-9,11H,6-7H2,1-3H3. The fraction of sp³-hybridized carbons (Fsp3) is 0.615. The number of hydrogen-bond donors (Lipinski definition) is 0. The van der Waals surface area contributed by atoms with E-state index in [2.05, 4.69) is 25.8 Å². The van der Waals surface area contributed by atoms with E-state index in [0.29, 0.717) is 11.2 Å². The monoisotopic (exact) mass is 223 g/mol. The van der Waals surface area contributed by atoms with Crippen LogP contribution < -0.4 is 4.74 Å². The second kappa shape index (κ2) is 4.04. The summed E-state index contributed by atoms with van der Waals surface area (Å²) in [5.41, 5.74) is 0.362. The van der Waals surface area contributed by atoms with Crippen molar-refractivity contribution in [1.82, 2.24) is 4.98 Å². The van der Waals surface area contributed by atoms with Gasteiger partial charge in [-0.25, -0.2) is 4.98 Å². The van der Waals surface area contributed by atoms with E-state index in [1.165, 1.54) is 12.3 Å². The molecule has 0 radical (unpaired) electrons. The second-order valence-electron chi connectivity index (χ2n) is 5.59. The summed E-state index contributed by atoms with van der Waals surface area (Å²) in [6.45, 7) is 6.77. The Bertz CT molecular complexity index is 349. The van der Waals surface area contributed by atoms with Crippen LogP contribution in [0.2, 0.25) is 0 Å². The molecule has 1 aliphatic rings. The molecular weight excluding hydrogens is 205 g/mol. The van der Waals surface area contributed by atoms with E-state index in [9.17, 15) is 4.39 Å². The van der Waals surface area contributed by atoms with Gasteiger partial charge in [-0.05, 0) is 36.3 Å². The Morgan fingerprint density at radius 1 is 1.31 bits per heavy atom. The molecule has 0 N–H and O–H groups in total. The second-order valence-corrected chi connectivity index (χ2v) is 5.59. The highest BCUT2D eigenvalue weighted by molar-refractivity contribution is 5.17. The topological polar surface area (TPSA) is 22.1 Å². The summed E-state index contributed by atoms with van der Waals surface area (Å²) in [7, 11) is 0. The molecule has 3 heteroatoms. The first-order chi connectivity index (χ1) is 7.45. The SMILES string of the molecule is CC(C)(C)C1CC(Oc2ccc(F)nc2)C1. The Hall–Kier alpha value is -1.12. The molecule has 0 saturated heterocycles. The van der Waals surface area contributed by atoms with Gasteiger partial charge < -0.3 is 4.74 Å². The highest BCUT2D eigenvalue weighted by atomic mass is 19.1. The Morgan fingerprint density at radius 2 is 2.00 bits per heavy atom. The third-order valence-electron chi connectivity index (χ3n) is 3.32.